The van der Waals surface area contributed by atoms with Crippen molar-refractivity contribution in [2.75, 3.05) is 6.54 Å². The van der Waals surface area contributed by atoms with Crippen molar-refractivity contribution >= 4 is 12.3 Å². The molecular weight excluding hydrogens is 180 g/mol. The van der Waals surface area contributed by atoms with Gasteiger partial charge >= 0.3 is 6.09 Å². The SMILES string of the molecule is C=C(CNC(=O)OC(C)(C)C)N=CC. The van der Waals surface area contributed by atoms with E-state index in [9.17, 15) is 4.79 Å². The first-order valence-corrected chi connectivity index (χ1v) is 4.48. The molecule has 0 aromatic heterocycles. The third-order valence-electron chi connectivity index (χ3n) is 1.15. The van der Waals surface area contributed by atoms with Crippen LogP contribution in [0.2, 0.25) is 0 Å². The molecule has 0 atom stereocenters. The van der Waals surface area contributed by atoms with Gasteiger partial charge in [-0.2, -0.15) is 0 Å². The molecule has 0 bridgehead atoms. The van der Waals surface area contributed by atoms with Crippen LogP contribution in [0.15, 0.2) is 17.3 Å². The predicted octanol–water partition coefficient (Wildman–Crippen LogP) is 2.12. The molecule has 0 saturated carbocycles. The standard InChI is InChI=1S/C10H18N2O2/c1-6-11-8(2)7-12-9(13)14-10(3,4)5/h6H,2,7H2,1,3-5H3,(H,12,13). The summed E-state index contributed by atoms with van der Waals surface area (Å²) in [6.07, 6.45) is 1.17. The van der Waals surface area contributed by atoms with Crippen molar-refractivity contribution in [2.24, 2.45) is 4.99 Å². The molecule has 80 valence electrons. The molecule has 0 aliphatic heterocycles. The maximum Gasteiger partial charge on any atom is 0.407 e. The highest BCUT2D eigenvalue weighted by Crippen LogP contribution is 2.06. The molecule has 0 unspecified atom stereocenters. The summed E-state index contributed by atoms with van der Waals surface area (Å²) in [5.74, 6) is 0. The van der Waals surface area contributed by atoms with E-state index in [2.05, 4.69) is 16.9 Å². The Morgan fingerprint density at radius 2 is 2.14 bits per heavy atom. The predicted molar refractivity (Wildman–Crippen MR) is 57.5 cm³/mol. The van der Waals surface area contributed by atoms with Crippen LogP contribution < -0.4 is 5.32 Å². The van der Waals surface area contributed by atoms with Gasteiger partial charge in [-0.1, -0.05) is 6.58 Å². The lowest BCUT2D eigenvalue weighted by Crippen LogP contribution is -2.33. The normalized spacial score (nSPS) is 11.4. The molecule has 4 nitrogen and oxygen atoms in total. The molecule has 0 rings (SSSR count). The monoisotopic (exact) mass is 198 g/mol. The first-order valence-electron chi connectivity index (χ1n) is 4.48. The quantitative estimate of drug-likeness (QED) is 0.706. The Morgan fingerprint density at radius 1 is 1.57 bits per heavy atom. The zero-order chi connectivity index (χ0) is 11.2. The number of hydrogen-bond acceptors (Lipinski definition) is 3. The summed E-state index contributed by atoms with van der Waals surface area (Å²) in [7, 11) is 0. The molecule has 0 saturated heterocycles. The van der Waals surface area contributed by atoms with Crippen LogP contribution in [0, 0.1) is 0 Å². The zero-order valence-corrected chi connectivity index (χ0v) is 9.26. The fourth-order valence-corrected chi connectivity index (χ4v) is 0.717. The summed E-state index contributed by atoms with van der Waals surface area (Å²) in [5, 5.41) is 2.55. The largest absolute Gasteiger partial charge is 0.444 e. The summed E-state index contributed by atoms with van der Waals surface area (Å²) in [6, 6.07) is 0. The molecule has 14 heavy (non-hydrogen) atoms. The van der Waals surface area contributed by atoms with Crippen LogP contribution in [0.3, 0.4) is 0 Å². The molecule has 0 radical (unpaired) electrons. The number of amides is 1. The highest BCUT2D eigenvalue weighted by atomic mass is 16.6. The maximum absolute atomic E-state index is 11.1. The summed E-state index contributed by atoms with van der Waals surface area (Å²) in [6.45, 7) is 11.2. The van der Waals surface area contributed by atoms with Gasteiger partial charge in [-0.25, -0.2) is 4.79 Å². The number of nitrogens with one attached hydrogen (secondary N) is 1. The highest BCUT2D eigenvalue weighted by molar-refractivity contribution is 5.68. The van der Waals surface area contributed by atoms with E-state index in [-0.39, 0.29) is 0 Å². The molecule has 0 heterocycles. The lowest BCUT2D eigenvalue weighted by molar-refractivity contribution is 0.0532. The van der Waals surface area contributed by atoms with E-state index in [4.69, 9.17) is 4.74 Å². The third-order valence-corrected chi connectivity index (χ3v) is 1.15. The van der Waals surface area contributed by atoms with Crippen LogP contribution in [0.1, 0.15) is 27.7 Å². The molecular formula is C10H18N2O2. The molecule has 0 aliphatic rings. The Morgan fingerprint density at radius 3 is 2.57 bits per heavy atom. The summed E-state index contributed by atoms with van der Waals surface area (Å²) >= 11 is 0. The van der Waals surface area contributed by atoms with Crippen molar-refractivity contribution in [3.63, 3.8) is 0 Å². The van der Waals surface area contributed by atoms with Crippen LogP contribution in [0.25, 0.3) is 0 Å². The summed E-state index contributed by atoms with van der Waals surface area (Å²) in [5.41, 5.74) is 0.123. The van der Waals surface area contributed by atoms with Gasteiger partial charge in [0.25, 0.3) is 0 Å². The Hall–Kier alpha value is -1.32. The van der Waals surface area contributed by atoms with Crippen molar-refractivity contribution in [1.82, 2.24) is 5.32 Å². The highest BCUT2D eigenvalue weighted by Gasteiger charge is 2.15. The maximum atomic E-state index is 11.1. The average Bonchev–Trinajstić information content (AvgIpc) is 1.98. The van der Waals surface area contributed by atoms with Gasteiger partial charge in [0, 0.05) is 6.21 Å². The lowest BCUT2D eigenvalue weighted by Gasteiger charge is -2.19. The molecule has 0 aromatic rings. The first kappa shape index (κ1) is 12.7. The van der Waals surface area contributed by atoms with Crippen LogP contribution >= 0.6 is 0 Å². The summed E-state index contributed by atoms with van der Waals surface area (Å²) < 4.78 is 5.02. The molecule has 0 spiro atoms. The molecule has 0 aliphatic carbocycles. The Labute approximate surface area is 85.1 Å². The summed E-state index contributed by atoms with van der Waals surface area (Å²) in [4.78, 5) is 15.0. The Kier molecular flexibility index (Phi) is 4.91. The van der Waals surface area contributed by atoms with Crippen LogP contribution in [0.5, 0.6) is 0 Å². The van der Waals surface area contributed by atoms with E-state index < -0.39 is 11.7 Å². The van der Waals surface area contributed by atoms with Gasteiger partial charge in [0.15, 0.2) is 0 Å². The van der Waals surface area contributed by atoms with Gasteiger partial charge in [-0.15, -0.1) is 0 Å². The minimum Gasteiger partial charge on any atom is -0.444 e. The number of carbonyl (C=O) groups excluding carboxylic acids is 1. The lowest BCUT2D eigenvalue weighted by atomic mass is 10.2. The van der Waals surface area contributed by atoms with Gasteiger partial charge in [0.05, 0.1) is 12.2 Å². The smallest absolute Gasteiger partial charge is 0.407 e. The second-order valence-corrected chi connectivity index (χ2v) is 3.81. The van der Waals surface area contributed by atoms with Gasteiger partial charge in [0.1, 0.15) is 5.60 Å². The van der Waals surface area contributed by atoms with Crippen molar-refractivity contribution in [2.45, 2.75) is 33.3 Å². The van der Waals surface area contributed by atoms with Gasteiger partial charge < -0.3 is 10.1 Å². The van der Waals surface area contributed by atoms with Gasteiger partial charge in [0.2, 0.25) is 0 Å². The number of hydrogen-bond donors (Lipinski definition) is 1. The van der Waals surface area contributed by atoms with E-state index in [0.29, 0.717) is 12.2 Å². The topological polar surface area (TPSA) is 50.7 Å². The number of rotatable bonds is 3. The molecule has 0 aromatic carbocycles. The number of aliphatic imine (C=N–C) groups is 1. The molecule has 1 amide bonds. The van der Waals surface area contributed by atoms with Crippen molar-refractivity contribution < 1.29 is 9.53 Å². The minimum atomic E-state index is -0.473. The van der Waals surface area contributed by atoms with Crippen molar-refractivity contribution in [3.05, 3.63) is 12.3 Å². The van der Waals surface area contributed by atoms with E-state index >= 15 is 0 Å². The number of carbonyl (C=O) groups is 1. The van der Waals surface area contributed by atoms with E-state index in [1.807, 2.05) is 20.8 Å². The fraction of sp³-hybridized carbons (Fsp3) is 0.600. The van der Waals surface area contributed by atoms with E-state index in [1.165, 1.54) is 0 Å². The van der Waals surface area contributed by atoms with Crippen molar-refractivity contribution in [3.8, 4) is 0 Å². The fourth-order valence-electron chi connectivity index (χ4n) is 0.717. The number of ether oxygens (including phenoxy) is 1. The Balaban J connectivity index is 3.81. The van der Waals surface area contributed by atoms with Crippen LogP contribution in [0.4, 0.5) is 4.79 Å². The average molecular weight is 198 g/mol. The van der Waals surface area contributed by atoms with Crippen LogP contribution in [-0.2, 0) is 4.74 Å². The zero-order valence-electron chi connectivity index (χ0n) is 9.26. The first-order chi connectivity index (χ1) is 6.35. The number of alkyl carbamates (subject to hydrolysis) is 1. The van der Waals surface area contributed by atoms with Crippen molar-refractivity contribution in [1.29, 1.82) is 0 Å². The van der Waals surface area contributed by atoms with E-state index in [0.717, 1.165) is 0 Å². The van der Waals surface area contributed by atoms with Crippen LogP contribution in [-0.4, -0.2) is 24.5 Å². The third kappa shape index (κ3) is 7.34. The Bertz CT molecular complexity index is 239. The van der Waals surface area contributed by atoms with Gasteiger partial charge in [-0.3, -0.25) is 4.99 Å². The second-order valence-electron chi connectivity index (χ2n) is 3.81. The minimum absolute atomic E-state index is 0.305. The second kappa shape index (κ2) is 5.42. The van der Waals surface area contributed by atoms with Gasteiger partial charge in [-0.05, 0) is 27.7 Å². The molecule has 1 N–H and O–H groups in total. The van der Waals surface area contributed by atoms with E-state index in [1.54, 1.807) is 13.1 Å². The number of nitrogens with zero attached hydrogens (tertiary/aromatic N) is 1. The molecule has 4 heteroatoms. The molecule has 0 fully saturated rings.